The zero-order valence-corrected chi connectivity index (χ0v) is 12.2. The van der Waals surface area contributed by atoms with E-state index in [4.69, 9.17) is 0 Å². The molecule has 0 bridgehead atoms. The second-order valence-corrected chi connectivity index (χ2v) is 5.89. The molecule has 0 radical (unpaired) electrons. The van der Waals surface area contributed by atoms with Crippen LogP contribution in [0.1, 0.15) is 12.0 Å². The van der Waals surface area contributed by atoms with Crippen LogP contribution in [-0.2, 0) is 0 Å². The Balaban J connectivity index is 2.44. The average Bonchev–Trinajstić information content (AvgIpc) is 2.29. The maximum atomic E-state index is 10.1. The topological polar surface area (TPSA) is 40.5 Å². The van der Waals surface area contributed by atoms with Gasteiger partial charge in [-0.25, -0.2) is 0 Å². The van der Waals surface area contributed by atoms with Crippen LogP contribution in [0.3, 0.4) is 0 Å². The third kappa shape index (κ3) is 2.71. The average molecular weight is 360 g/mol. The molecule has 90 valence electrons. The molecule has 0 heterocycles. The van der Waals surface area contributed by atoms with Crippen LogP contribution in [0.25, 0.3) is 5.57 Å². The molecule has 0 aliphatic heterocycles. The SMILES string of the molecule is OCC1(O)C=C(Br)C(c2ccccc2)=C(Br)C1. The van der Waals surface area contributed by atoms with Crippen molar-refractivity contribution in [3.8, 4) is 0 Å². The van der Waals surface area contributed by atoms with Crippen molar-refractivity contribution in [2.24, 2.45) is 0 Å². The van der Waals surface area contributed by atoms with E-state index in [1.165, 1.54) is 0 Å². The van der Waals surface area contributed by atoms with Crippen molar-refractivity contribution in [2.45, 2.75) is 12.0 Å². The molecule has 0 fully saturated rings. The fourth-order valence-electron chi connectivity index (χ4n) is 1.85. The van der Waals surface area contributed by atoms with Gasteiger partial charge in [-0.3, -0.25) is 0 Å². The summed E-state index contributed by atoms with van der Waals surface area (Å²) in [5.74, 6) is 0. The van der Waals surface area contributed by atoms with E-state index in [1.807, 2.05) is 30.3 Å². The molecule has 2 N–H and O–H groups in total. The number of aliphatic hydroxyl groups excluding tert-OH is 1. The molecule has 1 aliphatic carbocycles. The molecule has 0 spiro atoms. The maximum Gasteiger partial charge on any atom is 0.112 e. The maximum absolute atomic E-state index is 10.1. The zero-order chi connectivity index (χ0) is 12.5. The number of aliphatic hydroxyl groups is 2. The highest BCUT2D eigenvalue weighted by molar-refractivity contribution is 9.12. The summed E-state index contributed by atoms with van der Waals surface area (Å²) >= 11 is 6.94. The number of hydrogen-bond donors (Lipinski definition) is 2. The van der Waals surface area contributed by atoms with Gasteiger partial charge >= 0.3 is 0 Å². The van der Waals surface area contributed by atoms with Gasteiger partial charge in [-0.15, -0.1) is 0 Å². The van der Waals surface area contributed by atoms with Crippen LogP contribution in [0.5, 0.6) is 0 Å². The van der Waals surface area contributed by atoms with Crippen LogP contribution >= 0.6 is 31.9 Å². The highest BCUT2D eigenvalue weighted by Gasteiger charge is 2.31. The first-order chi connectivity index (χ1) is 8.06. The Labute approximate surface area is 117 Å². The number of benzene rings is 1. The molecule has 1 aromatic carbocycles. The van der Waals surface area contributed by atoms with Gasteiger partial charge in [0.25, 0.3) is 0 Å². The molecular formula is C13H12Br2O2. The third-order valence-electron chi connectivity index (χ3n) is 2.70. The first kappa shape index (κ1) is 13.0. The fraction of sp³-hybridized carbons (Fsp3) is 0.231. The molecule has 1 aromatic rings. The molecule has 2 rings (SSSR count). The van der Waals surface area contributed by atoms with Crippen LogP contribution < -0.4 is 0 Å². The summed E-state index contributed by atoms with van der Waals surface area (Å²) in [6, 6.07) is 9.91. The minimum absolute atomic E-state index is 0.292. The van der Waals surface area contributed by atoms with E-state index in [2.05, 4.69) is 31.9 Å². The smallest absolute Gasteiger partial charge is 0.112 e. The number of hydrogen-bond acceptors (Lipinski definition) is 2. The molecule has 0 saturated carbocycles. The van der Waals surface area contributed by atoms with Gasteiger partial charge in [0.1, 0.15) is 5.60 Å². The fourth-order valence-corrected chi connectivity index (χ4v) is 3.94. The van der Waals surface area contributed by atoms with Gasteiger partial charge in [-0.1, -0.05) is 62.2 Å². The summed E-state index contributed by atoms with van der Waals surface area (Å²) in [6.07, 6.45) is 2.03. The van der Waals surface area contributed by atoms with Crippen molar-refractivity contribution in [3.63, 3.8) is 0 Å². The molecule has 0 saturated heterocycles. The summed E-state index contributed by atoms with van der Waals surface area (Å²) < 4.78 is 1.67. The summed E-state index contributed by atoms with van der Waals surface area (Å²) in [5, 5.41) is 19.2. The summed E-state index contributed by atoms with van der Waals surface area (Å²) in [7, 11) is 0. The summed E-state index contributed by atoms with van der Waals surface area (Å²) in [6.45, 7) is -0.292. The van der Waals surface area contributed by atoms with Gasteiger partial charge in [0.2, 0.25) is 0 Å². The largest absolute Gasteiger partial charge is 0.393 e. The van der Waals surface area contributed by atoms with E-state index in [9.17, 15) is 10.2 Å². The Bertz CT molecular complexity index is 479. The predicted molar refractivity (Wildman–Crippen MR) is 76.0 cm³/mol. The Morgan fingerprint density at radius 3 is 2.35 bits per heavy atom. The Morgan fingerprint density at radius 2 is 1.82 bits per heavy atom. The first-order valence-corrected chi connectivity index (χ1v) is 6.80. The Hall–Kier alpha value is -0.420. The van der Waals surface area contributed by atoms with Gasteiger partial charge in [0, 0.05) is 21.0 Å². The molecule has 4 heteroatoms. The van der Waals surface area contributed by atoms with Crippen molar-refractivity contribution in [1.29, 1.82) is 0 Å². The standard InChI is InChI=1S/C13H12Br2O2/c14-10-6-13(17,8-16)7-11(15)12(10)9-4-2-1-3-5-9/h1-6,16-17H,7-8H2. The number of halogens is 2. The van der Waals surface area contributed by atoms with E-state index in [1.54, 1.807) is 6.08 Å². The van der Waals surface area contributed by atoms with Gasteiger partial charge < -0.3 is 10.2 Å². The number of rotatable bonds is 2. The second-order valence-electron chi connectivity index (χ2n) is 4.08. The van der Waals surface area contributed by atoms with Gasteiger partial charge in [0.15, 0.2) is 0 Å². The molecule has 2 nitrogen and oxygen atoms in total. The quantitative estimate of drug-likeness (QED) is 0.851. The van der Waals surface area contributed by atoms with Gasteiger partial charge in [-0.2, -0.15) is 0 Å². The molecule has 1 unspecified atom stereocenters. The molecule has 0 aromatic heterocycles. The lowest BCUT2D eigenvalue weighted by atomic mass is 9.90. The minimum Gasteiger partial charge on any atom is -0.393 e. The van der Waals surface area contributed by atoms with E-state index < -0.39 is 5.60 Å². The van der Waals surface area contributed by atoms with Crippen molar-refractivity contribution in [3.05, 3.63) is 50.9 Å². The summed E-state index contributed by atoms with van der Waals surface area (Å²) in [5.41, 5.74) is 0.905. The molecule has 1 aliphatic rings. The van der Waals surface area contributed by atoms with Crippen LogP contribution in [0.15, 0.2) is 45.4 Å². The van der Waals surface area contributed by atoms with Crippen molar-refractivity contribution >= 4 is 37.4 Å². The van der Waals surface area contributed by atoms with Crippen LogP contribution in [0.4, 0.5) is 0 Å². The van der Waals surface area contributed by atoms with E-state index in [-0.39, 0.29) is 6.61 Å². The predicted octanol–water partition coefficient (Wildman–Crippen LogP) is 3.20. The minimum atomic E-state index is -1.18. The lowest BCUT2D eigenvalue weighted by Crippen LogP contribution is -2.32. The second kappa shape index (κ2) is 5.06. The van der Waals surface area contributed by atoms with Crippen LogP contribution in [0.2, 0.25) is 0 Å². The van der Waals surface area contributed by atoms with Crippen LogP contribution in [-0.4, -0.2) is 22.4 Å². The molecule has 1 atom stereocenters. The lowest BCUT2D eigenvalue weighted by Gasteiger charge is -2.28. The van der Waals surface area contributed by atoms with Crippen molar-refractivity contribution in [1.82, 2.24) is 0 Å². The molecule has 0 amide bonds. The Kier molecular flexibility index (Phi) is 3.88. The first-order valence-electron chi connectivity index (χ1n) is 5.22. The Morgan fingerprint density at radius 1 is 1.18 bits per heavy atom. The third-order valence-corrected chi connectivity index (χ3v) is 4.01. The van der Waals surface area contributed by atoms with Crippen LogP contribution in [0, 0.1) is 0 Å². The number of allylic oxidation sites excluding steroid dienone is 2. The normalized spacial score (nSPS) is 24.8. The van der Waals surface area contributed by atoms with E-state index in [0.29, 0.717) is 6.42 Å². The van der Waals surface area contributed by atoms with Crippen molar-refractivity contribution < 1.29 is 10.2 Å². The lowest BCUT2D eigenvalue weighted by molar-refractivity contribution is 0.0286. The zero-order valence-electron chi connectivity index (χ0n) is 9.03. The van der Waals surface area contributed by atoms with E-state index >= 15 is 0 Å². The molecular weight excluding hydrogens is 348 g/mol. The van der Waals surface area contributed by atoms with E-state index in [0.717, 1.165) is 20.1 Å². The van der Waals surface area contributed by atoms with Crippen molar-refractivity contribution in [2.75, 3.05) is 6.61 Å². The molecule has 17 heavy (non-hydrogen) atoms. The van der Waals surface area contributed by atoms with Gasteiger partial charge in [0.05, 0.1) is 6.61 Å². The highest BCUT2D eigenvalue weighted by atomic mass is 79.9. The monoisotopic (exact) mass is 358 g/mol. The van der Waals surface area contributed by atoms with Gasteiger partial charge in [-0.05, 0) is 11.6 Å². The summed E-state index contributed by atoms with van der Waals surface area (Å²) in [4.78, 5) is 0. The highest BCUT2D eigenvalue weighted by Crippen LogP contribution is 2.42.